The Bertz CT molecular complexity index is 578. The molecule has 0 aromatic heterocycles. The average Bonchev–Trinajstić information content (AvgIpc) is 2.43. The Labute approximate surface area is 142 Å². The first kappa shape index (κ1) is 20.1. The highest BCUT2D eigenvalue weighted by Gasteiger charge is 2.18. The Kier molecular flexibility index (Phi) is 7.35. The van der Waals surface area contributed by atoms with Gasteiger partial charge in [-0.05, 0) is 29.9 Å². The summed E-state index contributed by atoms with van der Waals surface area (Å²) in [7, 11) is 1.48. The molecule has 6 heteroatoms. The predicted molar refractivity (Wildman–Crippen MR) is 93.5 cm³/mol. The van der Waals surface area contributed by atoms with Crippen molar-refractivity contribution >= 4 is 11.6 Å². The summed E-state index contributed by atoms with van der Waals surface area (Å²) in [6.45, 7) is 6.44. The summed E-state index contributed by atoms with van der Waals surface area (Å²) in [6, 6.07) is 7.42. The van der Waals surface area contributed by atoms with Crippen LogP contribution in [0.15, 0.2) is 36.0 Å². The summed E-state index contributed by atoms with van der Waals surface area (Å²) >= 11 is 0. The van der Waals surface area contributed by atoms with E-state index in [0.29, 0.717) is 5.69 Å². The van der Waals surface area contributed by atoms with Crippen molar-refractivity contribution in [3.8, 4) is 0 Å². The molecule has 0 atom stereocenters. The number of hydrazine groups is 1. The number of halogens is 2. The lowest BCUT2D eigenvalue weighted by Gasteiger charge is -2.19. The molecule has 0 aliphatic carbocycles. The number of amides is 1. The summed E-state index contributed by atoms with van der Waals surface area (Å²) in [5, 5.41) is 3.83. The highest BCUT2D eigenvalue weighted by molar-refractivity contribution is 6.04. The third kappa shape index (κ3) is 7.55. The normalized spacial score (nSPS) is 12.4. The number of para-hydroxylation sites is 1. The molecule has 134 valence electrons. The fourth-order valence-corrected chi connectivity index (χ4v) is 2.19. The molecule has 0 spiro atoms. The molecule has 0 saturated carbocycles. The minimum absolute atomic E-state index is 0.0550. The van der Waals surface area contributed by atoms with Crippen molar-refractivity contribution in [2.24, 2.45) is 11.3 Å². The third-order valence-electron chi connectivity index (χ3n) is 3.44. The van der Waals surface area contributed by atoms with Crippen LogP contribution in [0.3, 0.4) is 0 Å². The van der Waals surface area contributed by atoms with E-state index in [1.165, 1.54) is 13.2 Å². The zero-order valence-corrected chi connectivity index (χ0v) is 14.8. The van der Waals surface area contributed by atoms with Gasteiger partial charge in [0.25, 0.3) is 5.91 Å². The summed E-state index contributed by atoms with van der Waals surface area (Å²) in [4.78, 5) is 12.3. The molecule has 0 fully saturated rings. The van der Waals surface area contributed by atoms with Crippen molar-refractivity contribution in [3.05, 3.63) is 41.6 Å². The monoisotopic (exact) mass is 339 g/mol. The number of benzene rings is 1. The van der Waals surface area contributed by atoms with Crippen molar-refractivity contribution in [1.29, 1.82) is 0 Å². The Morgan fingerprint density at radius 3 is 2.50 bits per heavy atom. The number of rotatable bonds is 7. The number of alkyl halides is 2. The van der Waals surface area contributed by atoms with Crippen LogP contribution >= 0.6 is 0 Å². The van der Waals surface area contributed by atoms with E-state index in [1.807, 2.05) is 18.2 Å². The number of nitrogens with zero attached hydrogens (tertiary/aromatic N) is 1. The van der Waals surface area contributed by atoms with Crippen molar-refractivity contribution in [3.63, 3.8) is 0 Å². The lowest BCUT2D eigenvalue weighted by Crippen LogP contribution is -2.24. The van der Waals surface area contributed by atoms with Gasteiger partial charge in [-0.1, -0.05) is 39.0 Å². The minimum Gasteiger partial charge on any atom is -0.322 e. The molecule has 0 bridgehead atoms. The summed E-state index contributed by atoms with van der Waals surface area (Å²) in [5.41, 5.74) is 1.74. The number of carbonyl (C=O) groups excluding carboxylic acids is 1. The number of anilines is 1. The van der Waals surface area contributed by atoms with Gasteiger partial charge >= 0.3 is 0 Å². The maximum atomic E-state index is 12.7. The highest BCUT2D eigenvalue weighted by Crippen LogP contribution is 2.25. The van der Waals surface area contributed by atoms with E-state index in [4.69, 9.17) is 5.84 Å². The van der Waals surface area contributed by atoms with Gasteiger partial charge in [-0.15, -0.1) is 0 Å². The molecule has 0 unspecified atom stereocenters. The van der Waals surface area contributed by atoms with E-state index in [1.54, 1.807) is 6.07 Å². The number of hydrogen-bond acceptors (Lipinski definition) is 3. The van der Waals surface area contributed by atoms with Gasteiger partial charge in [0.15, 0.2) is 0 Å². The largest absolute Gasteiger partial charge is 0.322 e. The lowest BCUT2D eigenvalue weighted by atomic mass is 9.88. The molecule has 1 rings (SSSR count). The number of carbonyl (C=O) groups is 1. The van der Waals surface area contributed by atoms with Gasteiger partial charge in [-0.2, -0.15) is 0 Å². The summed E-state index contributed by atoms with van der Waals surface area (Å²) in [6.07, 6.45) is -0.287. The van der Waals surface area contributed by atoms with Crippen LogP contribution in [0.4, 0.5) is 14.5 Å². The van der Waals surface area contributed by atoms with E-state index >= 15 is 0 Å². The zero-order valence-electron chi connectivity index (χ0n) is 14.8. The fourth-order valence-electron chi connectivity index (χ4n) is 2.19. The SMILES string of the molecule is CN(N)/C=C(\CC(F)F)C(=O)Nc1ccccc1CCC(C)(C)C. The quantitative estimate of drug-likeness (QED) is 0.449. The second kappa shape index (κ2) is 8.78. The van der Waals surface area contributed by atoms with Gasteiger partial charge in [0.05, 0.1) is 0 Å². The molecule has 0 aliphatic heterocycles. The average molecular weight is 339 g/mol. The Hall–Kier alpha value is -1.95. The van der Waals surface area contributed by atoms with Crippen molar-refractivity contribution in [2.75, 3.05) is 12.4 Å². The van der Waals surface area contributed by atoms with Crippen LogP contribution < -0.4 is 11.2 Å². The molecule has 4 nitrogen and oxygen atoms in total. The van der Waals surface area contributed by atoms with Crippen molar-refractivity contribution < 1.29 is 13.6 Å². The molecular formula is C18H27F2N3O. The van der Waals surface area contributed by atoms with Gasteiger partial charge < -0.3 is 10.3 Å². The lowest BCUT2D eigenvalue weighted by molar-refractivity contribution is -0.113. The first-order valence-electron chi connectivity index (χ1n) is 7.94. The fraction of sp³-hybridized carbons (Fsp3) is 0.500. The molecule has 3 N–H and O–H groups in total. The van der Waals surface area contributed by atoms with E-state index in [9.17, 15) is 13.6 Å². The molecule has 24 heavy (non-hydrogen) atoms. The second-order valence-electron chi connectivity index (χ2n) is 7.09. The van der Waals surface area contributed by atoms with E-state index in [-0.39, 0.29) is 11.0 Å². The number of aryl methyl sites for hydroxylation is 1. The van der Waals surface area contributed by atoms with Crippen molar-refractivity contribution in [2.45, 2.75) is 46.5 Å². The molecule has 1 aromatic rings. The Morgan fingerprint density at radius 2 is 1.96 bits per heavy atom. The number of nitrogens with one attached hydrogen (secondary N) is 1. The first-order valence-corrected chi connectivity index (χ1v) is 7.94. The first-order chi connectivity index (χ1) is 11.1. The van der Waals surface area contributed by atoms with Crippen LogP contribution in [-0.4, -0.2) is 24.4 Å². The second-order valence-corrected chi connectivity index (χ2v) is 7.09. The van der Waals surface area contributed by atoms with E-state index in [0.717, 1.165) is 23.4 Å². The maximum absolute atomic E-state index is 12.7. The molecule has 0 heterocycles. The maximum Gasteiger partial charge on any atom is 0.253 e. The number of hydrogen-bond donors (Lipinski definition) is 2. The van der Waals surface area contributed by atoms with Gasteiger partial charge in [0, 0.05) is 30.9 Å². The van der Waals surface area contributed by atoms with Gasteiger partial charge in [0.2, 0.25) is 6.43 Å². The molecule has 1 amide bonds. The zero-order chi connectivity index (χ0) is 18.3. The third-order valence-corrected chi connectivity index (χ3v) is 3.44. The highest BCUT2D eigenvalue weighted by atomic mass is 19.3. The van der Waals surface area contributed by atoms with Gasteiger partial charge in [-0.3, -0.25) is 4.79 Å². The standard InChI is InChI=1S/C18H27F2N3O/c1-18(2,3)10-9-13-7-5-6-8-15(13)22-17(24)14(11-16(19)20)12-23(4)21/h5-8,12,16H,9-11,21H2,1-4H3,(H,22,24)/b14-12+. The molecular weight excluding hydrogens is 312 g/mol. The topological polar surface area (TPSA) is 58.4 Å². The van der Waals surface area contributed by atoms with Crippen LogP contribution in [0.5, 0.6) is 0 Å². The van der Waals surface area contributed by atoms with Gasteiger partial charge in [0.1, 0.15) is 0 Å². The molecule has 0 radical (unpaired) electrons. The minimum atomic E-state index is -2.61. The van der Waals surface area contributed by atoms with E-state index < -0.39 is 18.8 Å². The number of nitrogens with two attached hydrogens (primary N) is 1. The van der Waals surface area contributed by atoms with Gasteiger partial charge in [-0.25, -0.2) is 14.6 Å². The van der Waals surface area contributed by atoms with Crippen LogP contribution in [0.2, 0.25) is 0 Å². The van der Waals surface area contributed by atoms with E-state index in [2.05, 4.69) is 26.1 Å². The molecule has 1 aromatic carbocycles. The predicted octanol–water partition coefficient (Wildman–Crippen LogP) is 3.95. The Balaban J connectivity index is 2.92. The van der Waals surface area contributed by atoms with Crippen LogP contribution in [0.1, 0.15) is 39.2 Å². The molecule has 0 aliphatic rings. The van der Waals surface area contributed by atoms with Crippen LogP contribution in [-0.2, 0) is 11.2 Å². The summed E-state index contributed by atoms with van der Waals surface area (Å²) in [5.74, 6) is 4.90. The Morgan fingerprint density at radius 1 is 1.33 bits per heavy atom. The van der Waals surface area contributed by atoms with Crippen LogP contribution in [0, 0.1) is 5.41 Å². The summed E-state index contributed by atoms with van der Waals surface area (Å²) < 4.78 is 25.4. The molecule has 0 saturated heterocycles. The smallest absolute Gasteiger partial charge is 0.253 e. The van der Waals surface area contributed by atoms with Crippen LogP contribution in [0.25, 0.3) is 0 Å². The van der Waals surface area contributed by atoms with Crippen molar-refractivity contribution in [1.82, 2.24) is 5.01 Å².